The van der Waals surface area contributed by atoms with Crippen LogP contribution in [0.2, 0.25) is 0 Å². The molecule has 0 N–H and O–H groups in total. The zero-order valence-corrected chi connectivity index (χ0v) is 12.4. The van der Waals surface area contributed by atoms with Crippen molar-refractivity contribution in [1.82, 2.24) is 0 Å². The molecule has 0 aromatic rings. The first kappa shape index (κ1) is 18.5. The smallest absolute Gasteiger partial charge is 0.305 e. The first-order valence-corrected chi connectivity index (χ1v) is 7.17. The lowest BCUT2D eigenvalue weighted by molar-refractivity contribution is -0.524. The third-order valence-corrected chi connectivity index (χ3v) is 3.27. The Bertz CT molecular complexity index is 317. The molecule has 0 spiro atoms. The molecule has 0 amide bonds. The number of ketones is 1. The summed E-state index contributed by atoms with van der Waals surface area (Å²) < 4.78 is 4.54. The maximum atomic E-state index is 10.9. The van der Waals surface area contributed by atoms with Crippen LogP contribution >= 0.6 is 0 Å². The van der Waals surface area contributed by atoms with Gasteiger partial charge in [-0.1, -0.05) is 19.3 Å². The monoisotopic (exact) mass is 287 g/mol. The molecule has 0 aliphatic rings. The number of unbranched alkanes of at least 4 members (excludes halogenated alkanes) is 4. The van der Waals surface area contributed by atoms with Crippen molar-refractivity contribution < 1.29 is 19.2 Å². The summed E-state index contributed by atoms with van der Waals surface area (Å²) in [6.07, 6.45) is 6.00. The summed E-state index contributed by atoms with van der Waals surface area (Å²) in [6, 6.07) is -0.603. The second-order valence-corrected chi connectivity index (χ2v) is 5.06. The average molecular weight is 287 g/mol. The first-order valence-electron chi connectivity index (χ1n) is 7.17. The molecule has 0 saturated carbocycles. The first-order chi connectivity index (χ1) is 9.47. The Balaban J connectivity index is 3.61. The minimum atomic E-state index is -0.603. The van der Waals surface area contributed by atoms with E-state index in [1.165, 1.54) is 14.0 Å². The zero-order chi connectivity index (χ0) is 15.4. The Morgan fingerprint density at radius 1 is 1.05 bits per heavy atom. The Kier molecular flexibility index (Phi) is 10.5. The van der Waals surface area contributed by atoms with Crippen molar-refractivity contribution in [2.24, 2.45) is 0 Å². The summed E-state index contributed by atoms with van der Waals surface area (Å²) in [5.41, 5.74) is 0. The second-order valence-electron chi connectivity index (χ2n) is 5.06. The van der Waals surface area contributed by atoms with Crippen LogP contribution in [0.15, 0.2) is 0 Å². The SMILES string of the molecule is COC(=O)CCCCCCCC(CCC(C)=O)[N+](=O)[O-]. The fourth-order valence-electron chi connectivity index (χ4n) is 2.01. The number of methoxy groups -OCH3 is 1. The van der Waals surface area contributed by atoms with Gasteiger partial charge < -0.3 is 9.53 Å². The minimum absolute atomic E-state index is 0.000315. The molecule has 0 aromatic heterocycles. The Morgan fingerprint density at radius 3 is 2.20 bits per heavy atom. The number of carbonyl (C=O) groups is 2. The number of hydrogen-bond acceptors (Lipinski definition) is 5. The van der Waals surface area contributed by atoms with E-state index in [4.69, 9.17) is 0 Å². The molecule has 0 aromatic carbocycles. The van der Waals surface area contributed by atoms with Crippen LogP contribution in [-0.4, -0.2) is 29.8 Å². The highest BCUT2D eigenvalue weighted by molar-refractivity contribution is 5.75. The van der Waals surface area contributed by atoms with Crippen LogP contribution in [0.1, 0.15) is 64.7 Å². The lowest BCUT2D eigenvalue weighted by Gasteiger charge is -2.08. The van der Waals surface area contributed by atoms with Crippen molar-refractivity contribution in [1.29, 1.82) is 0 Å². The number of hydrogen-bond donors (Lipinski definition) is 0. The van der Waals surface area contributed by atoms with E-state index >= 15 is 0 Å². The molecule has 0 radical (unpaired) electrons. The minimum Gasteiger partial charge on any atom is -0.469 e. The molecule has 0 aliphatic heterocycles. The largest absolute Gasteiger partial charge is 0.469 e. The predicted octanol–water partition coefficient (Wildman–Crippen LogP) is 2.90. The van der Waals surface area contributed by atoms with Gasteiger partial charge in [0.25, 0.3) is 0 Å². The third-order valence-electron chi connectivity index (χ3n) is 3.27. The topological polar surface area (TPSA) is 86.5 Å². The summed E-state index contributed by atoms with van der Waals surface area (Å²) in [5, 5.41) is 10.8. The quantitative estimate of drug-likeness (QED) is 0.238. The van der Waals surface area contributed by atoms with Crippen LogP contribution in [0.25, 0.3) is 0 Å². The molecule has 20 heavy (non-hydrogen) atoms. The lowest BCUT2D eigenvalue weighted by Crippen LogP contribution is -2.20. The molecule has 0 aliphatic carbocycles. The molecule has 0 fully saturated rings. The third kappa shape index (κ3) is 10.5. The summed E-state index contributed by atoms with van der Waals surface area (Å²) in [4.78, 5) is 32.3. The van der Waals surface area contributed by atoms with E-state index in [0.29, 0.717) is 19.3 Å². The van der Waals surface area contributed by atoms with Gasteiger partial charge in [-0.3, -0.25) is 14.9 Å². The Morgan fingerprint density at radius 2 is 1.65 bits per heavy atom. The maximum absolute atomic E-state index is 10.9. The molecule has 0 rings (SSSR count). The van der Waals surface area contributed by atoms with E-state index in [1.54, 1.807) is 0 Å². The number of esters is 1. The van der Waals surface area contributed by atoms with Gasteiger partial charge in [0.2, 0.25) is 6.04 Å². The van der Waals surface area contributed by atoms with Crippen LogP contribution in [0, 0.1) is 10.1 Å². The van der Waals surface area contributed by atoms with Gasteiger partial charge in [-0.15, -0.1) is 0 Å². The molecule has 1 unspecified atom stereocenters. The van der Waals surface area contributed by atoms with Gasteiger partial charge in [0.15, 0.2) is 0 Å². The summed E-state index contributed by atoms with van der Waals surface area (Å²) in [6.45, 7) is 1.46. The normalized spacial score (nSPS) is 11.9. The second kappa shape index (κ2) is 11.4. The van der Waals surface area contributed by atoms with E-state index < -0.39 is 6.04 Å². The summed E-state index contributed by atoms with van der Waals surface area (Å²) in [7, 11) is 1.38. The van der Waals surface area contributed by atoms with E-state index in [9.17, 15) is 19.7 Å². The summed E-state index contributed by atoms with van der Waals surface area (Å²) in [5.74, 6) is -0.192. The molecular formula is C14H25NO5. The lowest BCUT2D eigenvalue weighted by atomic mass is 10.0. The number of Topliss-reactive ketones (excluding diaryl/α,β-unsaturated/α-hetero) is 1. The molecule has 0 saturated heterocycles. The number of ether oxygens (including phenoxy) is 1. The summed E-state index contributed by atoms with van der Waals surface area (Å²) >= 11 is 0. The van der Waals surface area contributed by atoms with Crippen molar-refractivity contribution >= 4 is 11.8 Å². The predicted molar refractivity (Wildman–Crippen MR) is 75.0 cm³/mol. The van der Waals surface area contributed by atoms with Crippen LogP contribution in [0.5, 0.6) is 0 Å². The molecule has 1 atom stereocenters. The highest BCUT2D eigenvalue weighted by Crippen LogP contribution is 2.13. The van der Waals surface area contributed by atoms with Crippen LogP contribution in [0.3, 0.4) is 0 Å². The van der Waals surface area contributed by atoms with Crippen molar-refractivity contribution in [2.75, 3.05) is 7.11 Å². The molecule has 6 heteroatoms. The van der Waals surface area contributed by atoms with Gasteiger partial charge in [-0.2, -0.15) is 0 Å². The fraction of sp³-hybridized carbons (Fsp3) is 0.857. The molecular weight excluding hydrogens is 262 g/mol. The van der Waals surface area contributed by atoms with Gasteiger partial charge >= 0.3 is 5.97 Å². The van der Waals surface area contributed by atoms with Gasteiger partial charge in [0, 0.05) is 30.6 Å². The zero-order valence-electron chi connectivity index (χ0n) is 12.4. The van der Waals surface area contributed by atoms with Gasteiger partial charge in [-0.25, -0.2) is 0 Å². The van der Waals surface area contributed by atoms with E-state index in [1.807, 2.05) is 0 Å². The molecule has 6 nitrogen and oxygen atoms in total. The Hall–Kier alpha value is -1.46. The highest BCUT2D eigenvalue weighted by Gasteiger charge is 2.19. The molecule has 0 bridgehead atoms. The van der Waals surface area contributed by atoms with Crippen LogP contribution < -0.4 is 0 Å². The van der Waals surface area contributed by atoms with E-state index in [0.717, 1.165) is 32.1 Å². The van der Waals surface area contributed by atoms with E-state index in [2.05, 4.69) is 4.74 Å². The van der Waals surface area contributed by atoms with Crippen molar-refractivity contribution in [3.63, 3.8) is 0 Å². The molecule has 116 valence electrons. The standard InChI is InChI=1S/C14H25NO5/c1-12(16)10-11-13(15(18)19)8-6-4-3-5-7-9-14(17)20-2/h13H,3-11H2,1-2H3. The van der Waals surface area contributed by atoms with Gasteiger partial charge in [-0.05, 0) is 19.8 Å². The maximum Gasteiger partial charge on any atom is 0.305 e. The van der Waals surface area contributed by atoms with Crippen molar-refractivity contribution in [2.45, 2.75) is 70.8 Å². The number of carbonyl (C=O) groups excluding carboxylic acids is 2. The number of nitrogens with zero attached hydrogens (tertiary/aromatic N) is 1. The molecule has 0 heterocycles. The number of nitro groups is 1. The van der Waals surface area contributed by atoms with Gasteiger partial charge in [0.05, 0.1) is 7.11 Å². The fourth-order valence-corrected chi connectivity index (χ4v) is 2.01. The van der Waals surface area contributed by atoms with Gasteiger partial charge in [0.1, 0.15) is 5.78 Å². The van der Waals surface area contributed by atoms with Crippen molar-refractivity contribution in [3.8, 4) is 0 Å². The van der Waals surface area contributed by atoms with E-state index in [-0.39, 0.29) is 23.1 Å². The number of rotatable bonds is 12. The highest BCUT2D eigenvalue weighted by atomic mass is 16.6. The Labute approximate surface area is 120 Å². The van der Waals surface area contributed by atoms with Crippen LogP contribution in [0.4, 0.5) is 0 Å². The van der Waals surface area contributed by atoms with Crippen LogP contribution in [-0.2, 0) is 14.3 Å². The average Bonchev–Trinajstić information content (AvgIpc) is 2.39. The van der Waals surface area contributed by atoms with Crippen molar-refractivity contribution in [3.05, 3.63) is 10.1 Å².